The van der Waals surface area contributed by atoms with Crippen LogP contribution in [-0.2, 0) is 0 Å². The van der Waals surface area contributed by atoms with Crippen LogP contribution in [0, 0.1) is 17.0 Å². The van der Waals surface area contributed by atoms with E-state index >= 15 is 0 Å². The first-order valence-electron chi connectivity index (χ1n) is 9.04. The van der Waals surface area contributed by atoms with E-state index in [1.165, 1.54) is 0 Å². The molecule has 1 aromatic carbocycles. The number of unbranched alkanes of at least 4 members (excludes halogenated alkanes) is 3. The quantitative estimate of drug-likeness (QED) is 0.302. The van der Waals surface area contributed by atoms with E-state index < -0.39 is 5.09 Å². The van der Waals surface area contributed by atoms with E-state index in [1.807, 2.05) is 13.0 Å². The summed E-state index contributed by atoms with van der Waals surface area (Å²) >= 11 is 0. The Kier molecular flexibility index (Phi) is 10.2. The topological polar surface area (TPSA) is 149 Å². The third-order valence-electron chi connectivity index (χ3n) is 3.98. The van der Waals surface area contributed by atoms with Gasteiger partial charge < -0.3 is 29.8 Å². The fourth-order valence-electron chi connectivity index (χ4n) is 2.77. The van der Waals surface area contributed by atoms with Crippen molar-refractivity contribution in [2.75, 3.05) is 39.8 Å². The van der Waals surface area contributed by atoms with Gasteiger partial charge in [0.15, 0.2) is 11.5 Å². The van der Waals surface area contributed by atoms with Crippen LogP contribution in [0.4, 0.5) is 5.82 Å². The number of ether oxygens (including phenoxy) is 3. The number of nitrogens with one attached hydrogen (secondary N) is 1. The smallest absolute Gasteiger partial charge is 0.291 e. The highest BCUT2D eigenvalue weighted by Crippen LogP contribution is 2.44. The Balaban J connectivity index is 0.000000960. The van der Waals surface area contributed by atoms with Gasteiger partial charge in [-0.3, -0.25) is 0 Å². The van der Waals surface area contributed by atoms with Gasteiger partial charge in [0.1, 0.15) is 17.2 Å². The Labute approximate surface area is 168 Å². The second-order valence-electron chi connectivity index (χ2n) is 5.96. The number of nitrogens with zero attached hydrogens (tertiary/aromatic N) is 3. The molecule has 1 heterocycles. The van der Waals surface area contributed by atoms with Gasteiger partial charge in [-0.25, -0.2) is 9.97 Å². The van der Waals surface area contributed by atoms with Crippen molar-refractivity contribution in [1.29, 1.82) is 0 Å². The molecular weight excluding hydrogens is 384 g/mol. The lowest BCUT2D eigenvalue weighted by Crippen LogP contribution is -2.07. The summed E-state index contributed by atoms with van der Waals surface area (Å²) in [6.07, 6.45) is 3.95. The Morgan fingerprint density at radius 2 is 1.69 bits per heavy atom. The Bertz CT molecular complexity index is 798. The molecule has 0 radical (unpaired) electrons. The zero-order valence-electron chi connectivity index (χ0n) is 17.1. The van der Waals surface area contributed by atoms with Crippen LogP contribution < -0.4 is 19.5 Å². The molecule has 162 valence electrons. The van der Waals surface area contributed by atoms with Crippen molar-refractivity contribution in [3.63, 3.8) is 0 Å². The largest absolute Gasteiger partial charge is 0.493 e. The number of benzene rings is 1. The predicted molar refractivity (Wildman–Crippen MR) is 107 cm³/mol. The summed E-state index contributed by atoms with van der Waals surface area (Å²) in [6.45, 7) is 2.90. The van der Waals surface area contributed by atoms with Gasteiger partial charge in [0, 0.05) is 13.2 Å². The number of anilines is 1. The molecule has 0 amide bonds. The summed E-state index contributed by atoms with van der Waals surface area (Å²) in [6, 6.07) is 1.87. The van der Waals surface area contributed by atoms with Crippen LogP contribution in [0.5, 0.6) is 17.2 Å². The third-order valence-corrected chi connectivity index (χ3v) is 3.98. The number of fused-ring (bicyclic) bond motifs is 1. The summed E-state index contributed by atoms with van der Waals surface area (Å²) in [5.41, 5.74) is 0.690. The van der Waals surface area contributed by atoms with E-state index in [0.29, 0.717) is 28.6 Å². The van der Waals surface area contributed by atoms with Gasteiger partial charge in [0.2, 0.25) is 5.75 Å². The standard InChI is InChI=1S/C18H27N3O4.HNO3/c1-12-20-15-13(11-14(23-2)16(24-3)17(15)25-4)18(21-12)19-9-7-5-6-8-10-22;2-1(3)4/h11,22H,5-10H2,1-4H3,(H,19,20,21);(H,2,3,4). The van der Waals surface area contributed by atoms with Gasteiger partial charge in [-0.2, -0.15) is 0 Å². The summed E-state index contributed by atoms with van der Waals surface area (Å²) in [4.78, 5) is 17.4. The summed E-state index contributed by atoms with van der Waals surface area (Å²) in [7, 11) is 4.75. The molecule has 0 saturated heterocycles. The third kappa shape index (κ3) is 7.11. The zero-order valence-corrected chi connectivity index (χ0v) is 17.1. The molecule has 0 aliphatic carbocycles. The molecule has 29 heavy (non-hydrogen) atoms. The molecule has 1 aromatic heterocycles. The first-order chi connectivity index (χ1) is 13.9. The highest BCUT2D eigenvalue weighted by atomic mass is 16.9. The molecule has 2 rings (SSSR count). The maximum atomic E-state index is 8.82. The van der Waals surface area contributed by atoms with Crippen LogP contribution in [0.15, 0.2) is 6.07 Å². The Hall–Kier alpha value is -3.08. The maximum Gasteiger partial charge on any atom is 0.291 e. The van der Waals surface area contributed by atoms with Crippen LogP contribution in [0.2, 0.25) is 0 Å². The van der Waals surface area contributed by atoms with Gasteiger partial charge in [-0.05, 0) is 25.8 Å². The van der Waals surface area contributed by atoms with E-state index in [4.69, 9.17) is 34.6 Å². The first kappa shape index (κ1) is 24.0. The van der Waals surface area contributed by atoms with E-state index in [-0.39, 0.29) is 6.61 Å². The first-order valence-corrected chi connectivity index (χ1v) is 9.04. The molecule has 0 unspecified atom stereocenters. The predicted octanol–water partition coefficient (Wildman–Crippen LogP) is 2.58. The van der Waals surface area contributed by atoms with Crippen LogP contribution >= 0.6 is 0 Å². The monoisotopic (exact) mass is 412 g/mol. The second-order valence-corrected chi connectivity index (χ2v) is 5.96. The lowest BCUT2D eigenvalue weighted by molar-refractivity contribution is -0.742. The SMILES string of the molecule is COc1cc2c(NCCCCCCO)nc(C)nc2c(OC)c1OC.O=[N+]([O-])O. The number of hydrogen-bond acceptors (Lipinski definition) is 9. The van der Waals surface area contributed by atoms with Crippen molar-refractivity contribution in [2.45, 2.75) is 32.6 Å². The molecule has 0 bridgehead atoms. The molecule has 11 nitrogen and oxygen atoms in total. The van der Waals surface area contributed by atoms with Crippen molar-refractivity contribution < 1.29 is 29.6 Å². The van der Waals surface area contributed by atoms with Crippen molar-refractivity contribution in [2.24, 2.45) is 0 Å². The number of aliphatic hydroxyl groups is 1. The number of aryl methyl sites for hydroxylation is 1. The molecule has 2 aromatic rings. The van der Waals surface area contributed by atoms with Gasteiger partial charge >= 0.3 is 0 Å². The normalized spacial score (nSPS) is 10.1. The van der Waals surface area contributed by atoms with Crippen molar-refractivity contribution in [3.8, 4) is 17.2 Å². The minimum Gasteiger partial charge on any atom is -0.493 e. The van der Waals surface area contributed by atoms with Crippen LogP contribution in [0.25, 0.3) is 10.9 Å². The highest BCUT2D eigenvalue weighted by molar-refractivity contribution is 5.96. The van der Waals surface area contributed by atoms with Crippen LogP contribution in [0.3, 0.4) is 0 Å². The van der Waals surface area contributed by atoms with Crippen LogP contribution in [-0.4, -0.2) is 59.8 Å². The minimum atomic E-state index is -1.50. The molecule has 0 aliphatic heterocycles. The van der Waals surface area contributed by atoms with E-state index in [0.717, 1.165) is 43.4 Å². The number of rotatable bonds is 10. The Morgan fingerprint density at radius 3 is 2.24 bits per heavy atom. The molecule has 0 atom stereocenters. The van der Waals surface area contributed by atoms with Crippen LogP contribution in [0.1, 0.15) is 31.5 Å². The van der Waals surface area contributed by atoms with Crippen molar-refractivity contribution >= 4 is 16.7 Å². The molecule has 0 aliphatic rings. The number of hydrogen-bond donors (Lipinski definition) is 3. The van der Waals surface area contributed by atoms with Gasteiger partial charge in [0.05, 0.1) is 26.7 Å². The van der Waals surface area contributed by atoms with E-state index in [2.05, 4.69) is 15.3 Å². The van der Waals surface area contributed by atoms with E-state index in [9.17, 15) is 0 Å². The summed E-state index contributed by atoms with van der Waals surface area (Å²) < 4.78 is 16.4. The molecule has 11 heteroatoms. The Morgan fingerprint density at radius 1 is 1.07 bits per heavy atom. The minimum absolute atomic E-state index is 0.255. The average Bonchev–Trinajstić information content (AvgIpc) is 2.68. The number of aromatic nitrogens is 2. The van der Waals surface area contributed by atoms with Gasteiger partial charge in [-0.15, -0.1) is 10.1 Å². The summed E-state index contributed by atoms with van der Waals surface area (Å²) in [5.74, 6) is 3.04. The van der Waals surface area contributed by atoms with E-state index in [1.54, 1.807) is 21.3 Å². The lowest BCUT2D eigenvalue weighted by atomic mass is 10.1. The maximum absolute atomic E-state index is 8.82. The van der Waals surface area contributed by atoms with Gasteiger partial charge in [-0.1, -0.05) is 12.8 Å². The molecule has 0 fully saturated rings. The lowest BCUT2D eigenvalue weighted by Gasteiger charge is -2.16. The van der Waals surface area contributed by atoms with Gasteiger partial charge in [0.25, 0.3) is 5.09 Å². The highest BCUT2D eigenvalue weighted by Gasteiger charge is 2.20. The second kappa shape index (κ2) is 12.4. The van der Waals surface area contributed by atoms with Crippen molar-refractivity contribution in [3.05, 3.63) is 22.0 Å². The molecule has 3 N–H and O–H groups in total. The molecule has 0 spiro atoms. The van der Waals surface area contributed by atoms with Crippen molar-refractivity contribution in [1.82, 2.24) is 9.97 Å². The summed E-state index contributed by atoms with van der Waals surface area (Å²) in [5, 5.41) is 26.7. The fourth-order valence-corrected chi connectivity index (χ4v) is 2.77. The number of aliphatic hydroxyl groups excluding tert-OH is 1. The fraction of sp³-hybridized carbons (Fsp3) is 0.556. The molecular formula is C18H28N4O7. The average molecular weight is 412 g/mol. The molecule has 0 saturated carbocycles. The number of methoxy groups -OCH3 is 3. The zero-order chi connectivity index (χ0) is 21.8.